The molecule has 2 rings (SSSR count). The molecule has 0 bridgehead atoms. The monoisotopic (exact) mass is 250 g/mol. The molecular weight excluding hydrogens is 227 g/mol. The quantitative estimate of drug-likeness (QED) is 0.633. The van der Waals surface area contributed by atoms with E-state index < -0.39 is 0 Å². The van der Waals surface area contributed by atoms with Gasteiger partial charge in [0.2, 0.25) is 0 Å². The summed E-state index contributed by atoms with van der Waals surface area (Å²) in [6.45, 7) is 4.00. The third-order valence-electron chi connectivity index (χ3n) is 4.61. The SMILES string of the molecule is CCC1(C(NN)c2ccc(C)c(F)c2)CCCC1. The van der Waals surface area contributed by atoms with Crippen LogP contribution >= 0.6 is 0 Å². The minimum absolute atomic E-state index is 0.0556. The zero-order chi connectivity index (χ0) is 13.2. The Morgan fingerprint density at radius 3 is 2.56 bits per heavy atom. The summed E-state index contributed by atoms with van der Waals surface area (Å²) in [5, 5.41) is 0. The Morgan fingerprint density at radius 2 is 2.06 bits per heavy atom. The number of benzene rings is 1. The molecule has 18 heavy (non-hydrogen) atoms. The summed E-state index contributed by atoms with van der Waals surface area (Å²) >= 11 is 0. The van der Waals surface area contributed by atoms with Crippen molar-refractivity contribution in [3.8, 4) is 0 Å². The molecule has 2 nitrogen and oxygen atoms in total. The Hall–Kier alpha value is -0.930. The van der Waals surface area contributed by atoms with Gasteiger partial charge in [0.1, 0.15) is 5.82 Å². The van der Waals surface area contributed by atoms with Gasteiger partial charge in [-0.2, -0.15) is 0 Å². The third-order valence-corrected chi connectivity index (χ3v) is 4.61. The van der Waals surface area contributed by atoms with Crippen LogP contribution in [0.5, 0.6) is 0 Å². The number of hydrogen-bond donors (Lipinski definition) is 2. The summed E-state index contributed by atoms with van der Waals surface area (Å²) in [5.41, 5.74) is 4.79. The second-order valence-electron chi connectivity index (χ2n) is 5.53. The van der Waals surface area contributed by atoms with Crippen LogP contribution in [0.3, 0.4) is 0 Å². The number of hydrazine groups is 1. The second-order valence-corrected chi connectivity index (χ2v) is 5.53. The lowest BCUT2D eigenvalue weighted by atomic mass is 9.73. The van der Waals surface area contributed by atoms with E-state index in [4.69, 9.17) is 5.84 Å². The van der Waals surface area contributed by atoms with Gasteiger partial charge >= 0.3 is 0 Å². The van der Waals surface area contributed by atoms with Crippen molar-refractivity contribution in [1.29, 1.82) is 0 Å². The highest BCUT2D eigenvalue weighted by atomic mass is 19.1. The normalized spacial score (nSPS) is 20.0. The van der Waals surface area contributed by atoms with Crippen LogP contribution in [-0.4, -0.2) is 0 Å². The van der Waals surface area contributed by atoms with Gasteiger partial charge in [-0.3, -0.25) is 11.3 Å². The van der Waals surface area contributed by atoms with Gasteiger partial charge in [-0.15, -0.1) is 0 Å². The lowest BCUT2D eigenvalue weighted by molar-refractivity contribution is 0.187. The van der Waals surface area contributed by atoms with Crippen LogP contribution in [0.4, 0.5) is 4.39 Å². The van der Waals surface area contributed by atoms with E-state index in [1.54, 1.807) is 13.0 Å². The van der Waals surface area contributed by atoms with E-state index in [1.807, 2.05) is 12.1 Å². The number of aryl methyl sites for hydroxylation is 1. The van der Waals surface area contributed by atoms with E-state index in [0.717, 1.165) is 12.0 Å². The highest BCUT2D eigenvalue weighted by molar-refractivity contribution is 5.27. The summed E-state index contributed by atoms with van der Waals surface area (Å²) in [5.74, 6) is 5.62. The van der Waals surface area contributed by atoms with Crippen LogP contribution in [-0.2, 0) is 0 Å². The Balaban J connectivity index is 2.34. The van der Waals surface area contributed by atoms with Crippen molar-refractivity contribution in [1.82, 2.24) is 5.43 Å². The van der Waals surface area contributed by atoms with Gasteiger partial charge in [0.05, 0.1) is 6.04 Å². The molecule has 0 radical (unpaired) electrons. The van der Waals surface area contributed by atoms with Crippen LogP contribution in [0.1, 0.15) is 56.2 Å². The van der Waals surface area contributed by atoms with E-state index in [0.29, 0.717) is 5.56 Å². The first kappa shape index (κ1) is 13.5. The number of nitrogens with two attached hydrogens (primary N) is 1. The zero-order valence-corrected chi connectivity index (χ0v) is 11.3. The molecule has 0 aliphatic heterocycles. The molecule has 0 aromatic heterocycles. The predicted molar refractivity (Wildman–Crippen MR) is 72.4 cm³/mol. The van der Waals surface area contributed by atoms with E-state index in [9.17, 15) is 4.39 Å². The molecule has 1 fully saturated rings. The third kappa shape index (κ3) is 2.29. The topological polar surface area (TPSA) is 38.0 Å². The fraction of sp³-hybridized carbons (Fsp3) is 0.600. The zero-order valence-electron chi connectivity index (χ0n) is 11.3. The first-order chi connectivity index (χ1) is 8.63. The average molecular weight is 250 g/mol. The van der Waals surface area contributed by atoms with Crippen LogP contribution in [0, 0.1) is 18.2 Å². The fourth-order valence-electron chi connectivity index (χ4n) is 3.34. The molecule has 0 heterocycles. The van der Waals surface area contributed by atoms with Crippen molar-refractivity contribution in [3.63, 3.8) is 0 Å². The molecule has 1 unspecified atom stereocenters. The molecule has 0 spiro atoms. The van der Waals surface area contributed by atoms with Crippen LogP contribution < -0.4 is 11.3 Å². The summed E-state index contributed by atoms with van der Waals surface area (Å²) < 4.78 is 13.7. The first-order valence-electron chi connectivity index (χ1n) is 6.85. The highest BCUT2D eigenvalue weighted by Crippen LogP contribution is 2.49. The largest absolute Gasteiger partial charge is 0.271 e. The molecule has 3 heteroatoms. The minimum Gasteiger partial charge on any atom is -0.271 e. The summed E-state index contributed by atoms with van der Waals surface area (Å²) in [4.78, 5) is 0. The highest BCUT2D eigenvalue weighted by Gasteiger charge is 2.40. The maximum absolute atomic E-state index is 13.7. The molecule has 1 aliphatic carbocycles. The maximum atomic E-state index is 13.7. The van der Waals surface area contributed by atoms with Crippen molar-refractivity contribution in [3.05, 3.63) is 35.1 Å². The van der Waals surface area contributed by atoms with Gasteiger partial charge in [0, 0.05) is 0 Å². The minimum atomic E-state index is -0.142. The predicted octanol–water partition coefficient (Wildman–Crippen LogP) is 3.61. The van der Waals surface area contributed by atoms with Crippen LogP contribution in [0.25, 0.3) is 0 Å². The molecule has 100 valence electrons. The molecule has 1 aromatic rings. The number of hydrogen-bond acceptors (Lipinski definition) is 2. The van der Waals surface area contributed by atoms with E-state index in [-0.39, 0.29) is 17.3 Å². The molecule has 0 saturated heterocycles. The smallest absolute Gasteiger partial charge is 0.126 e. The Labute approximate surface area is 109 Å². The van der Waals surface area contributed by atoms with E-state index >= 15 is 0 Å². The number of nitrogens with one attached hydrogen (secondary N) is 1. The van der Waals surface area contributed by atoms with Crippen molar-refractivity contribution >= 4 is 0 Å². The molecule has 1 aromatic carbocycles. The molecule has 3 N–H and O–H groups in total. The summed E-state index contributed by atoms with van der Waals surface area (Å²) in [7, 11) is 0. The van der Waals surface area contributed by atoms with Gasteiger partial charge in [-0.25, -0.2) is 4.39 Å². The first-order valence-corrected chi connectivity index (χ1v) is 6.85. The van der Waals surface area contributed by atoms with Gasteiger partial charge in [-0.05, 0) is 48.8 Å². The second kappa shape index (κ2) is 5.37. The molecule has 0 amide bonds. The molecule has 1 saturated carbocycles. The average Bonchev–Trinajstić information content (AvgIpc) is 2.84. The molecule has 1 aliphatic rings. The Bertz CT molecular complexity index is 411. The van der Waals surface area contributed by atoms with Crippen LogP contribution in [0.2, 0.25) is 0 Å². The van der Waals surface area contributed by atoms with Gasteiger partial charge in [-0.1, -0.05) is 31.9 Å². The van der Waals surface area contributed by atoms with Crippen molar-refractivity contribution in [2.75, 3.05) is 0 Å². The fourth-order valence-corrected chi connectivity index (χ4v) is 3.34. The maximum Gasteiger partial charge on any atom is 0.126 e. The number of halogens is 1. The van der Waals surface area contributed by atoms with Crippen molar-refractivity contribution < 1.29 is 4.39 Å². The lowest BCUT2D eigenvalue weighted by Gasteiger charge is -2.37. The van der Waals surface area contributed by atoms with E-state index in [2.05, 4.69) is 12.3 Å². The van der Waals surface area contributed by atoms with Gasteiger partial charge in [0.25, 0.3) is 0 Å². The van der Waals surface area contributed by atoms with Crippen molar-refractivity contribution in [2.24, 2.45) is 11.3 Å². The van der Waals surface area contributed by atoms with Gasteiger partial charge in [0.15, 0.2) is 0 Å². The Kier molecular flexibility index (Phi) is 4.03. The molecular formula is C15H23FN2. The summed E-state index contributed by atoms with van der Waals surface area (Å²) in [6, 6.07) is 5.53. The van der Waals surface area contributed by atoms with E-state index in [1.165, 1.54) is 25.7 Å². The van der Waals surface area contributed by atoms with Crippen molar-refractivity contribution in [2.45, 2.75) is 52.0 Å². The van der Waals surface area contributed by atoms with Crippen LogP contribution in [0.15, 0.2) is 18.2 Å². The summed E-state index contributed by atoms with van der Waals surface area (Å²) in [6.07, 6.45) is 5.93. The Morgan fingerprint density at radius 1 is 1.39 bits per heavy atom. The van der Waals surface area contributed by atoms with Gasteiger partial charge < -0.3 is 0 Å². The number of rotatable bonds is 4. The lowest BCUT2D eigenvalue weighted by Crippen LogP contribution is -2.40. The molecule has 1 atom stereocenters. The standard InChI is InChI=1S/C15H23FN2/c1-3-15(8-4-5-9-15)14(18-17)12-7-6-11(2)13(16)10-12/h6-7,10,14,18H,3-5,8-9,17H2,1-2H3.